The second kappa shape index (κ2) is 14.0. The van der Waals surface area contributed by atoms with E-state index in [9.17, 15) is 0 Å². The van der Waals surface area contributed by atoms with Crippen LogP contribution in [-0.2, 0) is 0 Å². The standard InChI is InChI=1S/C36H19N.C2H6/c1-4-27-7-13-30(14-8-27)19-20-33-25-34(23-21-31-15-9-28(5-2)10-16-31)36(37)35(26-33)24-22-32-17-11-29(6-3)12-18-32;1-2/h1-3,7-18,25-26H,37H2;1-2H3. The van der Waals surface area contributed by atoms with Crippen LogP contribution in [0.2, 0.25) is 0 Å². The number of rotatable bonds is 0. The lowest BCUT2D eigenvalue weighted by Gasteiger charge is -2.04. The molecule has 1 nitrogen and oxygen atoms in total. The summed E-state index contributed by atoms with van der Waals surface area (Å²) in [6.45, 7) is 4.00. The molecule has 0 aromatic heterocycles. The van der Waals surface area contributed by atoms with Crippen molar-refractivity contribution in [2.75, 3.05) is 5.73 Å². The molecule has 4 aromatic carbocycles. The Balaban J connectivity index is 0.00000205. The highest BCUT2D eigenvalue weighted by molar-refractivity contribution is 5.70. The summed E-state index contributed by atoms with van der Waals surface area (Å²) in [5.74, 6) is 26.8. The van der Waals surface area contributed by atoms with Crippen LogP contribution in [-0.4, -0.2) is 0 Å². The van der Waals surface area contributed by atoms with E-state index in [4.69, 9.17) is 25.0 Å². The second-order valence-corrected chi connectivity index (χ2v) is 7.90. The largest absolute Gasteiger partial charge is 0.397 e. The number of anilines is 1. The highest BCUT2D eigenvalue weighted by Gasteiger charge is 2.05. The van der Waals surface area contributed by atoms with Crippen molar-refractivity contribution in [3.05, 3.63) is 135 Å². The number of hydrogen-bond donors (Lipinski definition) is 1. The lowest BCUT2D eigenvalue weighted by atomic mass is 10.0. The summed E-state index contributed by atoms with van der Waals surface area (Å²) in [6.07, 6.45) is 16.3. The minimum Gasteiger partial charge on any atom is -0.397 e. The molecule has 0 aliphatic rings. The number of nitrogen functional groups attached to an aromatic ring is 1. The summed E-state index contributed by atoms with van der Waals surface area (Å²) in [4.78, 5) is 0. The van der Waals surface area contributed by atoms with Gasteiger partial charge in [-0.2, -0.15) is 0 Å². The number of terminal acetylenes is 3. The molecular formula is C38H25N. The van der Waals surface area contributed by atoms with Crippen molar-refractivity contribution in [1.29, 1.82) is 0 Å². The fourth-order valence-corrected chi connectivity index (χ4v) is 3.30. The lowest BCUT2D eigenvalue weighted by molar-refractivity contribution is 1.50. The third-order valence-corrected chi connectivity index (χ3v) is 5.37. The van der Waals surface area contributed by atoms with Gasteiger partial charge < -0.3 is 5.73 Å². The van der Waals surface area contributed by atoms with E-state index in [-0.39, 0.29) is 0 Å². The van der Waals surface area contributed by atoms with Crippen LogP contribution < -0.4 is 5.73 Å². The first-order valence-electron chi connectivity index (χ1n) is 12.3. The zero-order chi connectivity index (χ0) is 28.0. The summed E-state index contributed by atoms with van der Waals surface area (Å²) >= 11 is 0. The Labute approximate surface area is 232 Å². The monoisotopic (exact) mass is 495 g/mol. The summed E-state index contributed by atoms with van der Waals surface area (Å²) in [5.41, 5.74) is 13.9. The minimum atomic E-state index is 0.490. The van der Waals surface area contributed by atoms with Gasteiger partial charge in [-0.05, 0) is 84.9 Å². The van der Waals surface area contributed by atoms with Crippen molar-refractivity contribution in [2.24, 2.45) is 0 Å². The summed E-state index contributed by atoms with van der Waals surface area (Å²) in [5, 5.41) is 0. The van der Waals surface area contributed by atoms with Crippen LogP contribution in [0.3, 0.4) is 0 Å². The summed E-state index contributed by atoms with van der Waals surface area (Å²) in [6, 6.07) is 26.1. The molecule has 2 N–H and O–H groups in total. The third kappa shape index (κ3) is 7.76. The van der Waals surface area contributed by atoms with Gasteiger partial charge in [0.05, 0.1) is 16.8 Å². The van der Waals surface area contributed by atoms with Gasteiger partial charge in [0.25, 0.3) is 0 Å². The number of hydrogen-bond acceptors (Lipinski definition) is 1. The maximum atomic E-state index is 6.49. The lowest BCUT2D eigenvalue weighted by Crippen LogP contribution is -1.97. The van der Waals surface area contributed by atoms with Crippen LogP contribution in [0.5, 0.6) is 0 Å². The van der Waals surface area contributed by atoms with Crippen LogP contribution in [0.1, 0.15) is 63.9 Å². The van der Waals surface area contributed by atoms with Crippen LogP contribution >= 0.6 is 0 Å². The molecule has 0 aliphatic heterocycles. The van der Waals surface area contributed by atoms with Crippen molar-refractivity contribution < 1.29 is 0 Å². The van der Waals surface area contributed by atoms with Crippen molar-refractivity contribution in [2.45, 2.75) is 13.8 Å². The Kier molecular flexibility index (Phi) is 9.88. The van der Waals surface area contributed by atoms with E-state index in [1.54, 1.807) is 0 Å². The molecule has 0 radical (unpaired) electrons. The van der Waals surface area contributed by atoms with Gasteiger partial charge in [0.15, 0.2) is 0 Å². The third-order valence-electron chi connectivity index (χ3n) is 5.37. The van der Waals surface area contributed by atoms with Gasteiger partial charge in [0.2, 0.25) is 0 Å². The van der Waals surface area contributed by atoms with Gasteiger partial charge >= 0.3 is 0 Å². The average molecular weight is 496 g/mol. The molecule has 0 unspecified atom stereocenters. The zero-order valence-electron chi connectivity index (χ0n) is 21.9. The topological polar surface area (TPSA) is 26.0 Å². The second-order valence-electron chi connectivity index (χ2n) is 7.90. The zero-order valence-corrected chi connectivity index (χ0v) is 21.9. The highest BCUT2D eigenvalue weighted by atomic mass is 14.6. The van der Waals surface area contributed by atoms with E-state index in [1.165, 1.54) is 0 Å². The predicted molar refractivity (Wildman–Crippen MR) is 163 cm³/mol. The maximum Gasteiger partial charge on any atom is 0.0633 e. The SMILES string of the molecule is C#Cc1ccc(C#Cc2cc(C#Cc3ccc(C#C)cc3)c(N)c(C#Cc3ccc(C#C)cc3)c2)cc1.CC. The first-order valence-corrected chi connectivity index (χ1v) is 12.3. The summed E-state index contributed by atoms with van der Waals surface area (Å²) < 4.78 is 0. The Morgan fingerprint density at radius 1 is 0.410 bits per heavy atom. The van der Waals surface area contributed by atoms with Crippen molar-refractivity contribution in [1.82, 2.24) is 0 Å². The van der Waals surface area contributed by atoms with Crippen LogP contribution in [0.15, 0.2) is 84.9 Å². The Morgan fingerprint density at radius 2 is 0.667 bits per heavy atom. The molecule has 0 fully saturated rings. The average Bonchev–Trinajstić information content (AvgIpc) is 3.01. The van der Waals surface area contributed by atoms with Crippen molar-refractivity contribution in [3.8, 4) is 72.6 Å². The minimum absolute atomic E-state index is 0.490. The molecule has 0 atom stereocenters. The molecule has 0 amide bonds. The van der Waals surface area contributed by atoms with E-state index < -0.39 is 0 Å². The van der Waals surface area contributed by atoms with E-state index in [0.29, 0.717) is 16.8 Å². The van der Waals surface area contributed by atoms with Gasteiger partial charge in [-0.15, -0.1) is 19.3 Å². The molecule has 182 valence electrons. The predicted octanol–water partition coefficient (Wildman–Crippen LogP) is 6.44. The van der Waals surface area contributed by atoms with E-state index in [2.05, 4.69) is 53.3 Å². The Hall–Kier alpha value is -5.96. The van der Waals surface area contributed by atoms with Crippen LogP contribution in [0.4, 0.5) is 5.69 Å². The quantitative estimate of drug-likeness (QED) is 0.221. The number of nitrogens with two attached hydrogens (primary N) is 1. The maximum absolute atomic E-state index is 6.49. The molecule has 39 heavy (non-hydrogen) atoms. The van der Waals surface area contributed by atoms with E-state index in [0.717, 1.165) is 38.9 Å². The first-order chi connectivity index (χ1) is 19.1. The molecular weight excluding hydrogens is 470 g/mol. The van der Waals surface area contributed by atoms with Gasteiger partial charge in [-0.25, -0.2) is 0 Å². The van der Waals surface area contributed by atoms with Gasteiger partial charge in [0.1, 0.15) is 0 Å². The molecule has 4 aromatic rings. The summed E-state index contributed by atoms with van der Waals surface area (Å²) in [7, 11) is 0. The van der Waals surface area contributed by atoms with Crippen LogP contribution in [0, 0.1) is 72.6 Å². The molecule has 0 spiro atoms. The van der Waals surface area contributed by atoms with Crippen molar-refractivity contribution >= 4 is 5.69 Å². The van der Waals surface area contributed by atoms with Crippen molar-refractivity contribution in [3.63, 3.8) is 0 Å². The first kappa shape index (κ1) is 27.6. The highest BCUT2D eigenvalue weighted by Crippen LogP contribution is 2.20. The van der Waals surface area contributed by atoms with Gasteiger partial charge in [-0.3, -0.25) is 0 Å². The molecule has 1 heteroatoms. The Bertz CT molecular complexity index is 1680. The fraction of sp³-hybridized carbons (Fsp3) is 0.0526. The number of benzene rings is 4. The molecule has 0 aliphatic carbocycles. The van der Waals surface area contributed by atoms with E-state index in [1.807, 2.05) is 98.8 Å². The molecule has 0 heterocycles. The normalized spacial score (nSPS) is 8.69. The fourth-order valence-electron chi connectivity index (χ4n) is 3.30. The van der Waals surface area contributed by atoms with Gasteiger partial charge in [0, 0.05) is 38.9 Å². The Morgan fingerprint density at radius 3 is 0.974 bits per heavy atom. The molecule has 4 rings (SSSR count). The van der Waals surface area contributed by atoms with Gasteiger partial charge in [-0.1, -0.05) is 67.1 Å². The smallest absolute Gasteiger partial charge is 0.0633 e. The van der Waals surface area contributed by atoms with Crippen LogP contribution in [0.25, 0.3) is 0 Å². The molecule has 0 saturated carbocycles. The molecule has 0 bridgehead atoms. The molecule has 0 saturated heterocycles. The van der Waals surface area contributed by atoms with E-state index >= 15 is 0 Å².